The molecule has 1 aliphatic rings. The lowest BCUT2D eigenvalue weighted by molar-refractivity contribution is -0.119. The minimum Gasteiger partial charge on any atom is -0.493 e. The molecule has 3 aromatic rings. The fourth-order valence-corrected chi connectivity index (χ4v) is 3.48. The summed E-state index contributed by atoms with van der Waals surface area (Å²) in [5.74, 6) is 1.03. The number of methoxy groups -OCH3 is 1. The van der Waals surface area contributed by atoms with Gasteiger partial charge in [0, 0.05) is 29.7 Å². The highest BCUT2D eigenvalue weighted by Crippen LogP contribution is 2.41. The van der Waals surface area contributed by atoms with E-state index in [1.165, 1.54) is 5.56 Å². The molecule has 118 valence electrons. The van der Waals surface area contributed by atoms with Gasteiger partial charge in [-0.05, 0) is 35.7 Å². The molecule has 0 spiro atoms. The number of rotatable bonds is 3. The van der Waals surface area contributed by atoms with E-state index >= 15 is 0 Å². The van der Waals surface area contributed by atoms with Crippen LogP contribution in [0.25, 0.3) is 21.9 Å². The van der Waals surface area contributed by atoms with E-state index in [2.05, 4.69) is 30.4 Å². The Labute approximate surface area is 134 Å². The van der Waals surface area contributed by atoms with Crippen molar-refractivity contribution in [1.29, 1.82) is 0 Å². The van der Waals surface area contributed by atoms with Gasteiger partial charge in [0.05, 0.1) is 7.11 Å². The zero-order chi connectivity index (χ0) is 16.0. The Morgan fingerprint density at radius 3 is 2.87 bits per heavy atom. The normalized spacial score (nSPS) is 17.8. The maximum Gasteiger partial charge on any atom is 0.220 e. The van der Waals surface area contributed by atoms with Crippen LogP contribution in [0, 0.1) is 0 Å². The predicted octanol–water partition coefficient (Wildman–Crippen LogP) is 3.76. The maximum atomic E-state index is 11.6. The lowest BCUT2D eigenvalue weighted by Gasteiger charge is -2.11. The SMILES string of the molecule is CCc1ccc2oc3c(OC)ccc([C@H]4CNC(=O)C4)c3c2c1. The molecule has 1 amide bonds. The summed E-state index contributed by atoms with van der Waals surface area (Å²) in [6.07, 6.45) is 1.51. The van der Waals surface area contributed by atoms with Gasteiger partial charge in [-0.3, -0.25) is 4.79 Å². The molecule has 0 bridgehead atoms. The summed E-state index contributed by atoms with van der Waals surface area (Å²) in [7, 11) is 1.65. The average molecular weight is 309 g/mol. The number of hydrogen-bond donors (Lipinski definition) is 1. The molecule has 0 aliphatic carbocycles. The first-order valence-corrected chi connectivity index (χ1v) is 8.00. The van der Waals surface area contributed by atoms with E-state index in [9.17, 15) is 4.79 Å². The van der Waals surface area contributed by atoms with Gasteiger partial charge >= 0.3 is 0 Å². The smallest absolute Gasteiger partial charge is 0.220 e. The largest absolute Gasteiger partial charge is 0.493 e. The van der Waals surface area contributed by atoms with Crippen molar-refractivity contribution >= 4 is 27.8 Å². The van der Waals surface area contributed by atoms with Crippen LogP contribution in [-0.4, -0.2) is 19.6 Å². The molecule has 4 heteroatoms. The van der Waals surface area contributed by atoms with E-state index in [0.717, 1.165) is 39.7 Å². The fourth-order valence-electron chi connectivity index (χ4n) is 3.48. The summed E-state index contributed by atoms with van der Waals surface area (Å²) in [6, 6.07) is 10.3. The molecule has 1 aliphatic heterocycles. The summed E-state index contributed by atoms with van der Waals surface area (Å²) in [4.78, 5) is 11.6. The molecular formula is C19H19NO3. The quantitative estimate of drug-likeness (QED) is 0.801. The molecule has 0 unspecified atom stereocenters. The van der Waals surface area contributed by atoms with E-state index in [-0.39, 0.29) is 11.8 Å². The molecule has 2 aromatic carbocycles. The first kappa shape index (κ1) is 14.1. The van der Waals surface area contributed by atoms with Crippen LogP contribution in [0.4, 0.5) is 0 Å². The zero-order valence-corrected chi connectivity index (χ0v) is 13.3. The number of amides is 1. The number of carbonyl (C=O) groups is 1. The Morgan fingerprint density at radius 2 is 2.17 bits per heavy atom. The van der Waals surface area contributed by atoms with Gasteiger partial charge in [0.1, 0.15) is 5.58 Å². The second kappa shape index (κ2) is 5.30. The molecule has 0 saturated carbocycles. The number of benzene rings is 2. The molecule has 4 nitrogen and oxygen atoms in total. The Hall–Kier alpha value is -2.49. The molecule has 0 radical (unpaired) electrons. The molecule has 1 atom stereocenters. The summed E-state index contributed by atoms with van der Waals surface area (Å²) < 4.78 is 11.5. The van der Waals surface area contributed by atoms with Crippen molar-refractivity contribution in [3.05, 3.63) is 41.5 Å². The van der Waals surface area contributed by atoms with Gasteiger partial charge in [-0.25, -0.2) is 0 Å². The standard InChI is InChI=1S/C19H19NO3/c1-3-11-4-6-15-14(8-11)18-13(12-9-17(21)20-10-12)5-7-16(22-2)19(18)23-15/h4-8,12H,3,9-10H2,1-2H3,(H,20,21)/t12-/m1/s1. The first-order chi connectivity index (χ1) is 11.2. The summed E-state index contributed by atoms with van der Waals surface area (Å²) >= 11 is 0. The minimum absolute atomic E-state index is 0.112. The predicted molar refractivity (Wildman–Crippen MR) is 90.0 cm³/mol. The molecule has 1 fully saturated rings. The first-order valence-electron chi connectivity index (χ1n) is 8.00. The third-order valence-corrected chi connectivity index (χ3v) is 4.72. The lowest BCUT2D eigenvalue weighted by atomic mass is 9.93. The van der Waals surface area contributed by atoms with Crippen LogP contribution in [0.1, 0.15) is 30.4 Å². The number of ether oxygens (including phenoxy) is 1. The van der Waals surface area contributed by atoms with Crippen LogP contribution < -0.4 is 10.1 Å². The van der Waals surface area contributed by atoms with Crippen LogP contribution in [0.3, 0.4) is 0 Å². The number of hydrogen-bond acceptors (Lipinski definition) is 3. The molecule has 23 heavy (non-hydrogen) atoms. The van der Waals surface area contributed by atoms with Crippen molar-refractivity contribution < 1.29 is 13.9 Å². The average Bonchev–Trinajstić information content (AvgIpc) is 3.17. The van der Waals surface area contributed by atoms with Gasteiger partial charge in [0.2, 0.25) is 5.91 Å². The van der Waals surface area contributed by atoms with Crippen LogP contribution >= 0.6 is 0 Å². The summed E-state index contributed by atoms with van der Waals surface area (Å²) in [5, 5.41) is 5.11. The number of fused-ring (bicyclic) bond motifs is 3. The van der Waals surface area contributed by atoms with Gasteiger partial charge in [0.25, 0.3) is 0 Å². The minimum atomic E-state index is 0.112. The second-order valence-corrected chi connectivity index (χ2v) is 6.05. The van der Waals surface area contributed by atoms with Crippen LogP contribution in [0.15, 0.2) is 34.7 Å². The van der Waals surface area contributed by atoms with E-state index in [0.29, 0.717) is 13.0 Å². The third-order valence-electron chi connectivity index (χ3n) is 4.72. The summed E-state index contributed by atoms with van der Waals surface area (Å²) in [6.45, 7) is 2.82. The van der Waals surface area contributed by atoms with E-state index in [1.807, 2.05) is 12.1 Å². The second-order valence-electron chi connectivity index (χ2n) is 6.05. The highest BCUT2D eigenvalue weighted by Gasteiger charge is 2.27. The molecule has 1 aromatic heterocycles. The monoisotopic (exact) mass is 309 g/mol. The molecular weight excluding hydrogens is 290 g/mol. The third kappa shape index (κ3) is 2.17. The van der Waals surface area contributed by atoms with E-state index in [1.54, 1.807) is 7.11 Å². The molecule has 2 heterocycles. The maximum absolute atomic E-state index is 11.6. The van der Waals surface area contributed by atoms with Crippen molar-refractivity contribution in [2.45, 2.75) is 25.7 Å². The van der Waals surface area contributed by atoms with Crippen molar-refractivity contribution in [1.82, 2.24) is 5.32 Å². The Bertz CT molecular complexity index is 910. The van der Waals surface area contributed by atoms with Crippen molar-refractivity contribution in [3.8, 4) is 5.75 Å². The van der Waals surface area contributed by atoms with Crippen molar-refractivity contribution in [2.24, 2.45) is 0 Å². The van der Waals surface area contributed by atoms with Crippen LogP contribution in [0.2, 0.25) is 0 Å². The highest BCUT2D eigenvalue weighted by molar-refractivity contribution is 6.09. The van der Waals surface area contributed by atoms with E-state index < -0.39 is 0 Å². The van der Waals surface area contributed by atoms with Gasteiger partial charge in [-0.2, -0.15) is 0 Å². The zero-order valence-electron chi connectivity index (χ0n) is 13.3. The topological polar surface area (TPSA) is 51.5 Å². The highest BCUT2D eigenvalue weighted by atomic mass is 16.5. The van der Waals surface area contributed by atoms with Gasteiger partial charge in [-0.1, -0.05) is 19.1 Å². The number of furan rings is 1. The Balaban J connectivity index is 2.04. The van der Waals surface area contributed by atoms with Crippen LogP contribution in [-0.2, 0) is 11.2 Å². The van der Waals surface area contributed by atoms with Crippen molar-refractivity contribution in [2.75, 3.05) is 13.7 Å². The fraction of sp³-hybridized carbons (Fsp3) is 0.316. The Kier molecular flexibility index (Phi) is 3.26. The van der Waals surface area contributed by atoms with Gasteiger partial charge in [-0.15, -0.1) is 0 Å². The Morgan fingerprint density at radius 1 is 1.30 bits per heavy atom. The van der Waals surface area contributed by atoms with E-state index in [4.69, 9.17) is 9.15 Å². The number of nitrogens with one attached hydrogen (secondary N) is 1. The van der Waals surface area contributed by atoms with Crippen molar-refractivity contribution in [3.63, 3.8) is 0 Å². The molecule has 4 rings (SSSR count). The van der Waals surface area contributed by atoms with Gasteiger partial charge in [0.15, 0.2) is 11.3 Å². The van der Waals surface area contributed by atoms with Gasteiger partial charge < -0.3 is 14.5 Å². The van der Waals surface area contributed by atoms with Crippen LogP contribution in [0.5, 0.6) is 5.75 Å². The molecule has 1 saturated heterocycles. The lowest BCUT2D eigenvalue weighted by Crippen LogP contribution is -2.13. The summed E-state index contributed by atoms with van der Waals surface area (Å²) in [5.41, 5.74) is 4.06. The molecule has 1 N–H and O–H groups in total. The number of carbonyl (C=O) groups excluding carboxylic acids is 1. The number of aryl methyl sites for hydroxylation is 1.